The van der Waals surface area contributed by atoms with Crippen LogP contribution in [0, 0.1) is 0 Å². The van der Waals surface area contributed by atoms with Crippen molar-refractivity contribution in [2.75, 3.05) is 14.2 Å². The smallest absolute Gasteiger partial charge is 0.271 e. The molecule has 0 radical (unpaired) electrons. The van der Waals surface area contributed by atoms with Gasteiger partial charge in [0.25, 0.3) is 5.91 Å². The Balaban J connectivity index is 2.35. The van der Waals surface area contributed by atoms with Crippen LogP contribution in [0.3, 0.4) is 0 Å². The van der Waals surface area contributed by atoms with Gasteiger partial charge in [-0.1, -0.05) is 17.3 Å². The Labute approximate surface area is 128 Å². The van der Waals surface area contributed by atoms with Crippen molar-refractivity contribution in [1.82, 2.24) is 0 Å². The van der Waals surface area contributed by atoms with Crippen LogP contribution in [0.25, 0.3) is 0 Å². The van der Waals surface area contributed by atoms with Crippen LogP contribution in [-0.2, 0) is 9.63 Å². The topological polar surface area (TPSA) is 83.1 Å². The second-order valence-electron chi connectivity index (χ2n) is 4.26. The maximum Gasteiger partial charge on any atom is 0.271 e. The molecule has 114 valence electrons. The lowest BCUT2D eigenvalue weighted by Crippen LogP contribution is -2.24. The molecule has 1 amide bonds. The van der Waals surface area contributed by atoms with Crippen molar-refractivity contribution >= 4 is 11.6 Å². The summed E-state index contributed by atoms with van der Waals surface area (Å²) in [6.45, 7) is 0. The number of ether oxygens (including phenoxy) is 2. The minimum Gasteiger partial charge on any atom is -0.497 e. The Kier molecular flexibility index (Phi) is 4.98. The van der Waals surface area contributed by atoms with Crippen LogP contribution in [-0.4, -0.2) is 25.8 Å². The predicted octanol–water partition coefficient (Wildman–Crippen LogP) is 2.32. The molecule has 0 bridgehead atoms. The van der Waals surface area contributed by atoms with Crippen molar-refractivity contribution in [2.24, 2.45) is 10.9 Å². The van der Waals surface area contributed by atoms with E-state index >= 15 is 0 Å². The molecule has 2 rings (SSSR count). The van der Waals surface area contributed by atoms with Gasteiger partial charge < -0.3 is 20.0 Å². The van der Waals surface area contributed by atoms with Crippen molar-refractivity contribution in [1.29, 1.82) is 0 Å². The van der Waals surface area contributed by atoms with Gasteiger partial charge in [0.1, 0.15) is 24.4 Å². The van der Waals surface area contributed by atoms with Gasteiger partial charge in [-0.3, -0.25) is 4.79 Å². The van der Waals surface area contributed by atoms with Crippen LogP contribution in [0.5, 0.6) is 17.2 Å². The standard InChI is InChI=1S/C16H16N2O4/c1-20-11-7-9-12(10-8-11)22-14-6-4-3-5-13(14)15(16(17)19)18-21-2/h3-10H,1-2H3,(H2,17,19)/b18-15-. The quantitative estimate of drug-likeness (QED) is 0.655. The highest BCUT2D eigenvalue weighted by molar-refractivity contribution is 6.45. The van der Waals surface area contributed by atoms with E-state index in [1.165, 1.54) is 7.11 Å². The van der Waals surface area contributed by atoms with E-state index in [0.29, 0.717) is 17.1 Å². The SMILES string of the molecule is CO/N=C(\C(N)=O)c1ccccc1Oc1ccc(OC)cc1. The number of carbonyl (C=O) groups excluding carboxylic acids is 1. The summed E-state index contributed by atoms with van der Waals surface area (Å²) in [6.07, 6.45) is 0. The van der Waals surface area contributed by atoms with Crippen LogP contribution in [0.2, 0.25) is 0 Å². The molecule has 0 aromatic heterocycles. The molecule has 22 heavy (non-hydrogen) atoms. The summed E-state index contributed by atoms with van der Waals surface area (Å²) in [5, 5.41) is 3.67. The Hall–Kier alpha value is -3.02. The normalized spacial score (nSPS) is 10.9. The number of oxime groups is 1. The number of hydrogen-bond acceptors (Lipinski definition) is 5. The Morgan fingerprint density at radius 2 is 1.64 bits per heavy atom. The monoisotopic (exact) mass is 300 g/mol. The van der Waals surface area contributed by atoms with Crippen molar-refractivity contribution < 1.29 is 19.1 Å². The summed E-state index contributed by atoms with van der Waals surface area (Å²) in [5.41, 5.74) is 5.78. The number of methoxy groups -OCH3 is 1. The van der Waals surface area contributed by atoms with Gasteiger partial charge in [0.15, 0.2) is 5.71 Å². The van der Waals surface area contributed by atoms with Crippen LogP contribution in [0.1, 0.15) is 5.56 Å². The molecule has 6 nitrogen and oxygen atoms in total. The summed E-state index contributed by atoms with van der Waals surface area (Å²) in [4.78, 5) is 16.2. The minimum absolute atomic E-state index is 0.00777. The third-order valence-corrected chi connectivity index (χ3v) is 2.85. The predicted molar refractivity (Wildman–Crippen MR) is 82.3 cm³/mol. The molecule has 2 N–H and O–H groups in total. The summed E-state index contributed by atoms with van der Waals surface area (Å²) < 4.78 is 10.9. The fourth-order valence-corrected chi connectivity index (χ4v) is 1.84. The maximum absolute atomic E-state index is 11.5. The molecule has 0 saturated carbocycles. The molecule has 0 unspecified atom stereocenters. The highest BCUT2D eigenvalue weighted by atomic mass is 16.6. The zero-order chi connectivity index (χ0) is 15.9. The van der Waals surface area contributed by atoms with E-state index in [-0.39, 0.29) is 5.71 Å². The molecular weight excluding hydrogens is 284 g/mol. The lowest BCUT2D eigenvalue weighted by Gasteiger charge is -2.11. The first-order chi connectivity index (χ1) is 10.7. The summed E-state index contributed by atoms with van der Waals surface area (Å²) >= 11 is 0. The van der Waals surface area contributed by atoms with Crippen molar-refractivity contribution in [3.05, 3.63) is 54.1 Å². The van der Waals surface area contributed by atoms with Gasteiger partial charge in [-0.05, 0) is 36.4 Å². The van der Waals surface area contributed by atoms with E-state index in [1.54, 1.807) is 55.6 Å². The van der Waals surface area contributed by atoms with Gasteiger partial charge in [-0.15, -0.1) is 0 Å². The van der Waals surface area contributed by atoms with Gasteiger partial charge in [0.05, 0.1) is 12.7 Å². The highest BCUT2D eigenvalue weighted by Crippen LogP contribution is 2.27. The first kappa shape index (κ1) is 15.4. The van der Waals surface area contributed by atoms with Gasteiger partial charge in [-0.2, -0.15) is 0 Å². The van der Waals surface area contributed by atoms with E-state index in [0.717, 1.165) is 5.75 Å². The summed E-state index contributed by atoms with van der Waals surface area (Å²) in [7, 11) is 2.93. The first-order valence-corrected chi connectivity index (χ1v) is 6.48. The molecule has 0 aliphatic carbocycles. The molecule has 0 heterocycles. The number of amides is 1. The minimum atomic E-state index is -0.701. The molecule has 2 aromatic carbocycles. The maximum atomic E-state index is 11.5. The van der Waals surface area contributed by atoms with E-state index in [4.69, 9.17) is 15.2 Å². The van der Waals surface area contributed by atoms with Gasteiger partial charge in [0.2, 0.25) is 0 Å². The largest absolute Gasteiger partial charge is 0.497 e. The Bertz CT molecular complexity index is 681. The lowest BCUT2D eigenvalue weighted by atomic mass is 10.1. The number of hydrogen-bond donors (Lipinski definition) is 1. The van der Waals surface area contributed by atoms with Crippen molar-refractivity contribution in [2.45, 2.75) is 0 Å². The number of nitrogens with zero attached hydrogens (tertiary/aromatic N) is 1. The third kappa shape index (κ3) is 3.54. The van der Waals surface area contributed by atoms with E-state index < -0.39 is 5.91 Å². The van der Waals surface area contributed by atoms with E-state index in [9.17, 15) is 4.79 Å². The number of nitrogens with two attached hydrogens (primary N) is 1. The van der Waals surface area contributed by atoms with Crippen LogP contribution in [0.4, 0.5) is 0 Å². The molecule has 0 spiro atoms. The van der Waals surface area contributed by atoms with Crippen LogP contribution < -0.4 is 15.2 Å². The number of para-hydroxylation sites is 1. The summed E-state index contributed by atoms with van der Waals surface area (Å²) in [6, 6.07) is 14.0. The van der Waals surface area contributed by atoms with Gasteiger partial charge in [-0.25, -0.2) is 0 Å². The molecule has 0 fully saturated rings. The van der Waals surface area contributed by atoms with Crippen molar-refractivity contribution in [3.63, 3.8) is 0 Å². The number of carbonyl (C=O) groups is 1. The zero-order valence-corrected chi connectivity index (χ0v) is 12.3. The Morgan fingerprint density at radius 3 is 2.23 bits per heavy atom. The molecule has 0 aliphatic rings. The second kappa shape index (κ2) is 7.12. The fraction of sp³-hybridized carbons (Fsp3) is 0.125. The summed E-state index contributed by atoms with van der Waals surface area (Å²) in [5.74, 6) is 1.06. The molecular formula is C16H16N2O4. The van der Waals surface area contributed by atoms with E-state index in [1.807, 2.05) is 0 Å². The van der Waals surface area contributed by atoms with Gasteiger partial charge in [0, 0.05) is 0 Å². The van der Waals surface area contributed by atoms with Crippen LogP contribution >= 0.6 is 0 Å². The first-order valence-electron chi connectivity index (χ1n) is 6.48. The number of benzene rings is 2. The average molecular weight is 300 g/mol. The second-order valence-corrected chi connectivity index (χ2v) is 4.26. The molecule has 6 heteroatoms. The molecule has 0 aliphatic heterocycles. The van der Waals surface area contributed by atoms with Gasteiger partial charge >= 0.3 is 0 Å². The lowest BCUT2D eigenvalue weighted by molar-refractivity contribution is -0.112. The molecule has 0 saturated heterocycles. The fourth-order valence-electron chi connectivity index (χ4n) is 1.84. The third-order valence-electron chi connectivity index (χ3n) is 2.85. The zero-order valence-electron chi connectivity index (χ0n) is 12.3. The molecule has 2 aromatic rings. The highest BCUT2D eigenvalue weighted by Gasteiger charge is 2.17. The van der Waals surface area contributed by atoms with E-state index in [2.05, 4.69) is 9.99 Å². The van der Waals surface area contributed by atoms with Crippen LogP contribution in [0.15, 0.2) is 53.7 Å². The average Bonchev–Trinajstić information content (AvgIpc) is 2.54. The molecule has 0 atom stereocenters. The van der Waals surface area contributed by atoms with Crippen molar-refractivity contribution in [3.8, 4) is 17.2 Å². The Morgan fingerprint density at radius 1 is 1.00 bits per heavy atom. The number of primary amides is 1. The number of rotatable bonds is 6.